The van der Waals surface area contributed by atoms with Gasteiger partial charge in [0, 0.05) is 13.1 Å². The van der Waals surface area contributed by atoms with Crippen LogP contribution >= 0.6 is 0 Å². The molecular formula is C10H20N2O2S. The van der Waals surface area contributed by atoms with Gasteiger partial charge in [-0.2, -0.15) is 4.31 Å². The van der Waals surface area contributed by atoms with Crippen LogP contribution < -0.4 is 5.73 Å². The molecule has 15 heavy (non-hydrogen) atoms. The molecule has 1 heterocycles. The molecule has 0 aromatic rings. The summed E-state index contributed by atoms with van der Waals surface area (Å²) in [5.74, 6) is 0.518. The molecule has 0 aromatic carbocycles. The molecule has 2 rings (SSSR count). The largest absolute Gasteiger partial charge is 0.329 e. The summed E-state index contributed by atoms with van der Waals surface area (Å²) >= 11 is 0. The highest BCUT2D eigenvalue weighted by atomic mass is 32.2. The molecule has 1 aliphatic carbocycles. The molecule has 0 spiro atoms. The van der Waals surface area contributed by atoms with Gasteiger partial charge in [0.1, 0.15) is 0 Å². The van der Waals surface area contributed by atoms with Crippen LogP contribution in [0.5, 0.6) is 0 Å². The number of fused-ring (bicyclic) bond motifs is 1. The van der Waals surface area contributed by atoms with E-state index in [1.54, 1.807) is 18.2 Å². The first-order valence-electron chi connectivity index (χ1n) is 5.67. The highest BCUT2D eigenvalue weighted by Crippen LogP contribution is 2.54. The molecular weight excluding hydrogens is 212 g/mol. The molecule has 2 atom stereocenters. The Morgan fingerprint density at radius 3 is 2.73 bits per heavy atom. The number of rotatable bonds is 3. The lowest BCUT2D eigenvalue weighted by Gasteiger charge is -2.35. The van der Waals surface area contributed by atoms with Crippen LogP contribution in [0.1, 0.15) is 33.1 Å². The van der Waals surface area contributed by atoms with Crippen molar-refractivity contribution < 1.29 is 8.42 Å². The lowest BCUT2D eigenvalue weighted by atomic mass is 10.1. The molecule has 0 bridgehead atoms. The minimum absolute atomic E-state index is 0.207. The fourth-order valence-electron chi connectivity index (χ4n) is 2.73. The van der Waals surface area contributed by atoms with Crippen molar-refractivity contribution in [3.8, 4) is 0 Å². The van der Waals surface area contributed by atoms with Gasteiger partial charge in [0.15, 0.2) is 0 Å². The van der Waals surface area contributed by atoms with E-state index in [2.05, 4.69) is 0 Å². The van der Waals surface area contributed by atoms with Crippen LogP contribution in [-0.2, 0) is 10.0 Å². The standard InChI is InChI=1S/C10H20N2O2S/c1-8(2)15(13,14)12-5-3-4-9-6-10(9,12)7-11/h8-9H,3-7,11H2,1-2H3. The Bertz CT molecular complexity index is 352. The fraction of sp³-hybridized carbons (Fsp3) is 1.00. The zero-order valence-corrected chi connectivity index (χ0v) is 10.3. The van der Waals surface area contributed by atoms with Gasteiger partial charge in [0.2, 0.25) is 10.0 Å². The lowest BCUT2D eigenvalue weighted by Crippen LogP contribution is -2.52. The Labute approximate surface area is 91.9 Å². The molecule has 88 valence electrons. The topological polar surface area (TPSA) is 63.4 Å². The van der Waals surface area contributed by atoms with E-state index in [-0.39, 0.29) is 10.8 Å². The first-order chi connectivity index (χ1) is 6.95. The maximum Gasteiger partial charge on any atom is 0.216 e. The molecule has 1 saturated heterocycles. The second kappa shape index (κ2) is 3.43. The fourth-order valence-corrected chi connectivity index (χ4v) is 4.43. The monoisotopic (exact) mass is 232 g/mol. The summed E-state index contributed by atoms with van der Waals surface area (Å²) in [6, 6.07) is 0. The van der Waals surface area contributed by atoms with E-state index < -0.39 is 10.0 Å². The lowest BCUT2D eigenvalue weighted by molar-refractivity contribution is 0.238. The predicted octanol–water partition coefficient (Wildman–Crippen LogP) is 0.538. The first-order valence-corrected chi connectivity index (χ1v) is 7.17. The van der Waals surface area contributed by atoms with E-state index in [1.807, 2.05) is 0 Å². The minimum Gasteiger partial charge on any atom is -0.329 e. The predicted molar refractivity (Wildman–Crippen MR) is 59.9 cm³/mol. The van der Waals surface area contributed by atoms with Crippen LogP contribution in [0, 0.1) is 5.92 Å². The summed E-state index contributed by atoms with van der Waals surface area (Å²) in [5.41, 5.74) is 5.55. The number of piperidine rings is 1. The summed E-state index contributed by atoms with van der Waals surface area (Å²) in [6.07, 6.45) is 3.09. The van der Waals surface area contributed by atoms with Gasteiger partial charge in [-0.1, -0.05) is 0 Å². The Hall–Kier alpha value is -0.130. The van der Waals surface area contributed by atoms with Crippen LogP contribution in [0.15, 0.2) is 0 Å². The third kappa shape index (κ3) is 1.52. The molecule has 1 saturated carbocycles. The summed E-state index contributed by atoms with van der Waals surface area (Å²) in [4.78, 5) is 0. The van der Waals surface area contributed by atoms with E-state index >= 15 is 0 Å². The first kappa shape index (κ1) is 11.4. The summed E-state index contributed by atoms with van der Waals surface area (Å²) < 4.78 is 26.0. The number of nitrogens with two attached hydrogens (primary N) is 1. The van der Waals surface area contributed by atoms with Crippen molar-refractivity contribution in [1.82, 2.24) is 4.31 Å². The van der Waals surface area contributed by atoms with Crippen LogP contribution in [0.3, 0.4) is 0 Å². The Balaban J connectivity index is 2.29. The SMILES string of the molecule is CC(C)S(=O)(=O)N1CCCC2CC21CN. The average molecular weight is 232 g/mol. The van der Waals surface area contributed by atoms with E-state index in [4.69, 9.17) is 5.73 Å². The van der Waals surface area contributed by atoms with Gasteiger partial charge in [-0.05, 0) is 39.0 Å². The zero-order chi connectivity index (χ0) is 11.3. The second-order valence-corrected chi connectivity index (χ2v) is 7.43. The number of sulfonamides is 1. The Morgan fingerprint density at radius 2 is 2.20 bits per heavy atom. The maximum absolute atomic E-state index is 12.2. The quantitative estimate of drug-likeness (QED) is 0.772. The van der Waals surface area contributed by atoms with Crippen molar-refractivity contribution in [3.63, 3.8) is 0 Å². The van der Waals surface area contributed by atoms with Crippen molar-refractivity contribution in [3.05, 3.63) is 0 Å². The van der Waals surface area contributed by atoms with Crippen molar-refractivity contribution in [2.75, 3.05) is 13.1 Å². The van der Waals surface area contributed by atoms with Gasteiger partial charge in [0.25, 0.3) is 0 Å². The zero-order valence-electron chi connectivity index (χ0n) is 9.44. The van der Waals surface area contributed by atoms with Crippen LogP contribution in [0.2, 0.25) is 0 Å². The normalized spacial score (nSPS) is 36.7. The van der Waals surface area contributed by atoms with Crippen molar-refractivity contribution in [1.29, 1.82) is 0 Å². The van der Waals surface area contributed by atoms with Gasteiger partial charge in [-0.3, -0.25) is 0 Å². The molecule has 4 nitrogen and oxygen atoms in total. The second-order valence-electron chi connectivity index (χ2n) is 5.02. The molecule has 2 unspecified atom stereocenters. The Morgan fingerprint density at radius 1 is 1.53 bits per heavy atom. The van der Waals surface area contributed by atoms with Crippen LogP contribution in [0.25, 0.3) is 0 Å². The molecule has 0 radical (unpaired) electrons. The third-order valence-electron chi connectivity index (χ3n) is 3.87. The van der Waals surface area contributed by atoms with Crippen molar-refractivity contribution >= 4 is 10.0 Å². The van der Waals surface area contributed by atoms with Gasteiger partial charge in [-0.15, -0.1) is 0 Å². The van der Waals surface area contributed by atoms with Gasteiger partial charge >= 0.3 is 0 Å². The molecule has 2 N–H and O–H groups in total. The molecule has 2 fully saturated rings. The van der Waals surface area contributed by atoms with Crippen LogP contribution in [0.4, 0.5) is 0 Å². The highest BCUT2D eigenvalue weighted by Gasteiger charge is 2.62. The molecule has 0 amide bonds. The maximum atomic E-state index is 12.2. The molecule has 5 heteroatoms. The average Bonchev–Trinajstić information content (AvgIpc) is 2.91. The molecule has 1 aliphatic heterocycles. The van der Waals surface area contributed by atoms with E-state index in [1.165, 1.54) is 0 Å². The molecule has 2 aliphatic rings. The summed E-state index contributed by atoms with van der Waals surface area (Å²) in [6.45, 7) is 4.62. The van der Waals surface area contributed by atoms with Gasteiger partial charge in [-0.25, -0.2) is 8.42 Å². The van der Waals surface area contributed by atoms with E-state index in [9.17, 15) is 8.42 Å². The third-order valence-corrected chi connectivity index (χ3v) is 6.22. The Kier molecular flexibility index (Phi) is 2.60. The smallest absolute Gasteiger partial charge is 0.216 e. The summed E-state index contributed by atoms with van der Waals surface area (Å²) in [7, 11) is -3.12. The summed E-state index contributed by atoms with van der Waals surface area (Å²) in [5, 5.41) is -0.333. The van der Waals surface area contributed by atoms with Crippen molar-refractivity contribution in [2.45, 2.75) is 43.9 Å². The van der Waals surface area contributed by atoms with Gasteiger partial charge in [0.05, 0.1) is 10.8 Å². The van der Waals surface area contributed by atoms with Gasteiger partial charge < -0.3 is 5.73 Å². The molecule has 0 aromatic heterocycles. The minimum atomic E-state index is -3.12. The van der Waals surface area contributed by atoms with Crippen LogP contribution in [-0.4, -0.2) is 36.6 Å². The van der Waals surface area contributed by atoms with Crippen molar-refractivity contribution in [2.24, 2.45) is 11.7 Å². The number of hydrogen-bond donors (Lipinski definition) is 1. The number of hydrogen-bond acceptors (Lipinski definition) is 3. The number of nitrogens with zero attached hydrogens (tertiary/aromatic N) is 1. The van der Waals surface area contributed by atoms with E-state index in [0.717, 1.165) is 19.3 Å². The van der Waals surface area contributed by atoms with E-state index in [0.29, 0.717) is 19.0 Å². The highest BCUT2D eigenvalue weighted by molar-refractivity contribution is 7.89.